The first-order valence-electron chi connectivity index (χ1n) is 7.34. The molecule has 0 bridgehead atoms. The predicted molar refractivity (Wildman–Crippen MR) is 92.6 cm³/mol. The van der Waals surface area contributed by atoms with Crippen LogP contribution in [0.3, 0.4) is 0 Å². The Morgan fingerprint density at radius 2 is 1.85 bits per heavy atom. The van der Waals surface area contributed by atoms with Crippen LogP contribution >= 0.6 is 0 Å². The molecular formula is C13H20FN3O7S2. The summed E-state index contributed by atoms with van der Waals surface area (Å²) in [5.41, 5.74) is -1.91. The lowest BCUT2D eigenvalue weighted by Crippen LogP contribution is -2.46. The summed E-state index contributed by atoms with van der Waals surface area (Å²) in [5.74, 6) is 0.00932. The molecule has 0 saturated carbocycles. The summed E-state index contributed by atoms with van der Waals surface area (Å²) in [4.78, 5) is 10.3. The Balaban J connectivity index is 0.000000765. The van der Waals surface area contributed by atoms with Crippen LogP contribution in [0.15, 0.2) is 24.3 Å². The van der Waals surface area contributed by atoms with Gasteiger partial charge in [0, 0.05) is 19.2 Å². The first-order valence-corrected chi connectivity index (χ1v) is 10.4. The number of sulfonamides is 1. The molecule has 2 N–H and O–H groups in total. The van der Waals surface area contributed by atoms with Gasteiger partial charge >= 0.3 is 5.69 Å². The number of alkyl halides is 1. The van der Waals surface area contributed by atoms with E-state index in [4.69, 9.17) is 13.2 Å². The van der Waals surface area contributed by atoms with Crippen molar-refractivity contribution in [3.8, 4) is 5.75 Å². The molecule has 1 aliphatic heterocycles. The molecule has 0 aromatic heterocycles. The lowest BCUT2D eigenvalue weighted by molar-refractivity contribution is -0.386. The number of nitro benzene ring substituents is 1. The van der Waals surface area contributed by atoms with Gasteiger partial charge < -0.3 is 4.74 Å². The average Bonchev–Trinajstić information content (AvgIpc) is 2.52. The molecule has 13 heteroatoms. The van der Waals surface area contributed by atoms with Crippen molar-refractivity contribution < 1.29 is 30.9 Å². The third kappa shape index (κ3) is 7.19. The number of nitrogens with zero attached hydrogens (tertiary/aromatic N) is 2. The topological polar surface area (TPSA) is 150 Å². The van der Waals surface area contributed by atoms with Gasteiger partial charge in [-0.15, -0.1) is 0 Å². The molecule has 1 aliphatic rings. The largest absolute Gasteiger partial charge is 0.483 e. The molecule has 1 saturated heterocycles. The van der Waals surface area contributed by atoms with Gasteiger partial charge in [-0.3, -0.25) is 10.1 Å². The Morgan fingerprint density at radius 1 is 1.35 bits per heavy atom. The molecule has 0 atom stereocenters. The zero-order valence-electron chi connectivity index (χ0n) is 13.9. The number of nitro groups is 1. The van der Waals surface area contributed by atoms with Gasteiger partial charge in [0.2, 0.25) is 10.0 Å². The highest BCUT2D eigenvalue weighted by molar-refractivity contribution is 7.88. The van der Waals surface area contributed by atoms with Crippen LogP contribution in [0.5, 0.6) is 5.75 Å². The second-order valence-corrected chi connectivity index (χ2v) is 8.16. The fourth-order valence-electron chi connectivity index (χ4n) is 2.30. The summed E-state index contributed by atoms with van der Waals surface area (Å²) >= 11 is 0. The molecule has 1 fully saturated rings. The maximum Gasteiger partial charge on any atom is 0.310 e. The molecule has 0 aliphatic carbocycles. The van der Waals surface area contributed by atoms with E-state index < -0.39 is 31.5 Å². The third-order valence-electron chi connectivity index (χ3n) is 3.64. The normalized spacial score (nSPS) is 17.2. The number of halogens is 1. The van der Waals surface area contributed by atoms with Crippen molar-refractivity contribution >= 4 is 26.6 Å². The van der Waals surface area contributed by atoms with Gasteiger partial charge in [-0.25, -0.2) is 30.7 Å². The van der Waals surface area contributed by atoms with Crippen molar-refractivity contribution in [2.75, 3.05) is 26.0 Å². The van der Waals surface area contributed by atoms with Gasteiger partial charge in [0.05, 0.1) is 11.2 Å². The van der Waals surface area contributed by atoms with E-state index in [1.165, 1.54) is 22.5 Å². The highest BCUT2D eigenvalue weighted by Gasteiger charge is 2.38. The molecule has 2 rings (SSSR count). The average molecular weight is 413 g/mol. The van der Waals surface area contributed by atoms with Crippen molar-refractivity contribution in [2.45, 2.75) is 18.5 Å². The second kappa shape index (κ2) is 9.21. The van der Waals surface area contributed by atoms with E-state index in [9.17, 15) is 22.9 Å². The van der Waals surface area contributed by atoms with Crippen LogP contribution in [-0.4, -0.2) is 57.7 Å². The first-order chi connectivity index (χ1) is 11.9. The zero-order valence-corrected chi connectivity index (χ0v) is 15.6. The van der Waals surface area contributed by atoms with Crippen LogP contribution in [0.25, 0.3) is 0 Å². The monoisotopic (exact) mass is 413 g/mol. The second-order valence-electron chi connectivity index (χ2n) is 5.61. The van der Waals surface area contributed by atoms with Gasteiger partial charge in [0.1, 0.15) is 12.3 Å². The number of hydrogen-bond donors (Lipinski definition) is 2. The maximum atomic E-state index is 14.6. The highest BCUT2D eigenvalue weighted by Crippen LogP contribution is 2.31. The lowest BCUT2D eigenvalue weighted by atomic mass is 9.95. The summed E-state index contributed by atoms with van der Waals surface area (Å²) in [6.07, 6.45) is 1.09. The summed E-state index contributed by atoms with van der Waals surface area (Å²) in [5, 5.41) is 14.9. The Morgan fingerprint density at radius 3 is 2.31 bits per heavy atom. The number of nitrogens with two attached hydrogens (primary N) is 1. The lowest BCUT2D eigenvalue weighted by Gasteiger charge is -2.34. The number of hydrogen-bond acceptors (Lipinski definition) is 7. The van der Waals surface area contributed by atoms with Crippen molar-refractivity contribution in [1.82, 2.24) is 4.31 Å². The fraction of sp³-hybridized carbons (Fsp3) is 0.538. The maximum absolute atomic E-state index is 14.6. The van der Waals surface area contributed by atoms with Crippen molar-refractivity contribution in [3.05, 3.63) is 34.4 Å². The van der Waals surface area contributed by atoms with E-state index in [0.717, 1.165) is 6.26 Å². The molecule has 26 heavy (non-hydrogen) atoms. The Kier molecular flexibility index (Phi) is 7.87. The number of benzene rings is 1. The molecule has 10 nitrogen and oxygen atoms in total. The van der Waals surface area contributed by atoms with E-state index in [1.54, 1.807) is 6.07 Å². The Labute approximate surface area is 152 Å². The predicted octanol–water partition coefficient (Wildman–Crippen LogP) is 0.209. The van der Waals surface area contributed by atoms with E-state index in [0.29, 0.717) is 0 Å². The van der Waals surface area contributed by atoms with E-state index in [2.05, 4.69) is 5.14 Å². The van der Waals surface area contributed by atoms with Crippen molar-refractivity contribution in [1.29, 1.82) is 0 Å². The van der Waals surface area contributed by atoms with Crippen LogP contribution < -0.4 is 9.88 Å². The molecule has 1 aromatic rings. The molecule has 1 aromatic carbocycles. The van der Waals surface area contributed by atoms with E-state index >= 15 is 0 Å². The van der Waals surface area contributed by atoms with Gasteiger partial charge in [-0.1, -0.05) is 12.1 Å². The third-order valence-corrected chi connectivity index (χ3v) is 4.94. The molecule has 148 valence electrons. The molecule has 0 radical (unpaired) electrons. The van der Waals surface area contributed by atoms with Crippen molar-refractivity contribution in [2.24, 2.45) is 5.14 Å². The Hall–Kier alpha value is -1.83. The first kappa shape index (κ1) is 22.2. The molecule has 0 spiro atoms. The quantitative estimate of drug-likeness (QED) is 0.398. The Bertz CT molecular complexity index is 798. The standard InChI is InChI=1S/C13H17FN2O5S.H3NO2S/c1-22(19,20)15-8-6-13(14,7-9-15)10-21-12-5-3-2-4-11(12)16(17)18;1-4(2)3/h2-5H,6-10H2,1H3;4H,(H2,1,2,3). The SMILES string of the molecule is CS(=O)(=O)N1CCC(F)(COc2ccccc2[N+](=O)[O-])CC1.N[SH](=O)=O. The van der Waals surface area contributed by atoms with Crippen LogP contribution in [0.4, 0.5) is 10.1 Å². The minimum atomic E-state index is -3.32. The summed E-state index contributed by atoms with van der Waals surface area (Å²) in [6, 6.07) is 5.76. The smallest absolute Gasteiger partial charge is 0.310 e. The van der Waals surface area contributed by atoms with Gasteiger partial charge in [-0.2, -0.15) is 0 Å². The zero-order chi connectivity index (χ0) is 20.0. The van der Waals surface area contributed by atoms with Crippen LogP contribution in [0.1, 0.15) is 12.8 Å². The minimum Gasteiger partial charge on any atom is -0.483 e. The highest BCUT2D eigenvalue weighted by atomic mass is 32.2. The number of rotatable bonds is 5. The van der Waals surface area contributed by atoms with Crippen molar-refractivity contribution in [3.63, 3.8) is 0 Å². The summed E-state index contributed by atoms with van der Waals surface area (Å²) in [6.45, 7) is -0.180. The van der Waals surface area contributed by atoms with E-state index in [1.807, 2.05) is 0 Å². The molecule has 0 amide bonds. The number of para-hydroxylation sites is 2. The fourth-order valence-corrected chi connectivity index (χ4v) is 3.15. The van der Waals surface area contributed by atoms with Crippen LogP contribution in [0, 0.1) is 10.1 Å². The number of thiol groups is 1. The van der Waals surface area contributed by atoms with E-state index in [-0.39, 0.29) is 44.0 Å². The van der Waals surface area contributed by atoms with Gasteiger partial charge in [0.25, 0.3) is 0 Å². The molecule has 0 unspecified atom stereocenters. The van der Waals surface area contributed by atoms with Crippen LogP contribution in [0.2, 0.25) is 0 Å². The molecule has 1 heterocycles. The minimum absolute atomic E-state index is 0.000696. The van der Waals surface area contributed by atoms with Gasteiger partial charge in [-0.05, 0) is 18.9 Å². The number of piperidine rings is 1. The summed E-state index contributed by atoms with van der Waals surface area (Å²) in [7, 11) is -5.94. The number of ether oxygens (including phenoxy) is 1. The van der Waals surface area contributed by atoms with Gasteiger partial charge in [0.15, 0.2) is 16.6 Å². The van der Waals surface area contributed by atoms with Crippen LogP contribution in [-0.2, 0) is 20.9 Å². The summed E-state index contributed by atoms with van der Waals surface area (Å²) < 4.78 is 61.5. The molecular weight excluding hydrogens is 393 g/mol.